The van der Waals surface area contributed by atoms with Gasteiger partial charge in [0.05, 0.1) is 40.7 Å². The van der Waals surface area contributed by atoms with Gasteiger partial charge in [0.2, 0.25) is 11.8 Å². The number of carbonyl (C=O) groups excluding carboxylic acids is 1. The van der Waals surface area contributed by atoms with E-state index in [2.05, 4.69) is 20.0 Å². The molecule has 2 heterocycles. The Morgan fingerprint density at radius 3 is 2.50 bits per heavy atom. The maximum absolute atomic E-state index is 13.5. The predicted octanol–water partition coefficient (Wildman–Crippen LogP) is 3.67. The number of hydrogen-bond acceptors (Lipinski definition) is 7. The van der Waals surface area contributed by atoms with Crippen LogP contribution in [0.3, 0.4) is 0 Å². The number of carbonyl (C=O) groups is 1. The molecule has 2 N–H and O–H groups in total. The SMILES string of the molecule is CNC(=O)[C@H](C)Cn1cnc2ccc(-c3cnc(OC)c(NS(=O)(=O)c4ccccc4C(F)(F)F)c3)cc2c1=O. The third-order valence-corrected chi connectivity index (χ3v) is 7.52. The molecule has 2 aromatic carbocycles. The molecule has 0 unspecified atom stereocenters. The number of aromatic nitrogens is 3. The first-order valence-corrected chi connectivity index (χ1v) is 13.3. The molecule has 0 aliphatic heterocycles. The first-order chi connectivity index (χ1) is 18.9. The van der Waals surface area contributed by atoms with E-state index >= 15 is 0 Å². The van der Waals surface area contributed by atoms with E-state index in [1.807, 2.05) is 0 Å². The van der Waals surface area contributed by atoms with Crippen molar-refractivity contribution in [3.8, 4) is 17.0 Å². The number of fused-ring (bicyclic) bond motifs is 1. The van der Waals surface area contributed by atoms with Crippen LogP contribution in [-0.2, 0) is 27.5 Å². The largest absolute Gasteiger partial charge is 0.480 e. The lowest BCUT2D eigenvalue weighted by molar-refractivity contribution is -0.139. The minimum absolute atomic E-state index is 0.0983. The van der Waals surface area contributed by atoms with Crippen LogP contribution in [0.25, 0.3) is 22.0 Å². The van der Waals surface area contributed by atoms with Gasteiger partial charge in [-0.15, -0.1) is 0 Å². The standard InChI is InChI=1S/C26H24F3N5O5S/c1-15(23(35)30-2)13-34-14-32-20-9-8-16(10-18(20)25(34)36)17-11-21(24(39-3)31-12-17)33-40(37,38)22-7-5-4-6-19(22)26(27,28)29/h4-12,14-15,33H,13H2,1-3H3,(H,30,35)/t15-/m1/s1. The second kappa shape index (κ2) is 11.0. The number of benzene rings is 2. The smallest absolute Gasteiger partial charge is 0.417 e. The summed E-state index contributed by atoms with van der Waals surface area (Å²) in [7, 11) is -1.98. The maximum Gasteiger partial charge on any atom is 0.417 e. The molecule has 0 saturated carbocycles. The van der Waals surface area contributed by atoms with Gasteiger partial charge in [0.1, 0.15) is 5.69 Å². The highest BCUT2D eigenvalue weighted by atomic mass is 32.2. The van der Waals surface area contributed by atoms with Crippen molar-refractivity contribution in [1.82, 2.24) is 19.9 Å². The molecule has 40 heavy (non-hydrogen) atoms. The molecule has 0 saturated heterocycles. The number of rotatable bonds is 8. The quantitative estimate of drug-likeness (QED) is 0.328. The van der Waals surface area contributed by atoms with Crippen molar-refractivity contribution >= 4 is 32.5 Å². The normalized spacial score (nSPS) is 12.7. The molecule has 2 aromatic heterocycles. The van der Waals surface area contributed by atoms with Crippen LogP contribution in [0.2, 0.25) is 0 Å². The Labute approximate surface area is 226 Å². The molecule has 4 aromatic rings. The minimum atomic E-state index is -4.90. The fraction of sp³-hybridized carbons (Fsp3) is 0.231. The van der Waals surface area contributed by atoms with E-state index in [0.29, 0.717) is 22.7 Å². The summed E-state index contributed by atoms with van der Waals surface area (Å²) in [6.07, 6.45) is -2.19. The zero-order valence-corrected chi connectivity index (χ0v) is 22.3. The van der Waals surface area contributed by atoms with Crippen LogP contribution in [0.15, 0.2) is 70.7 Å². The Bertz CT molecular complexity index is 1760. The lowest BCUT2D eigenvalue weighted by Gasteiger charge is -2.16. The summed E-state index contributed by atoms with van der Waals surface area (Å²) in [5.41, 5.74) is -0.736. The highest BCUT2D eigenvalue weighted by Gasteiger charge is 2.37. The molecule has 4 rings (SSSR count). The molecule has 1 atom stereocenters. The van der Waals surface area contributed by atoms with Crippen LogP contribution in [0.1, 0.15) is 12.5 Å². The van der Waals surface area contributed by atoms with Gasteiger partial charge < -0.3 is 10.1 Å². The summed E-state index contributed by atoms with van der Waals surface area (Å²) in [4.78, 5) is 32.5. The van der Waals surface area contributed by atoms with E-state index in [4.69, 9.17) is 4.74 Å². The first kappa shape index (κ1) is 28.5. The average Bonchev–Trinajstić information content (AvgIpc) is 2.93. The Balaban J connectivity index is 1.75. The van der Waals surface area contributed by atoms with E-state index in [0.717, 1.165) is 12.1 Å². The molecule has 1 amide bonds. The number of hydrogen-bond donors (Lipinski definition) is 2. The van der Waals surface area contributed by atoms with Gasteiger partial charge >= 0.3 is 6.18 Å². The molecule has 0 radical (unpaired) electrons. The van der Waals surface area contributed by atoms with Crippen LogP contribution in [0, 0.1) is 5.92 Å². The Kier molecular flexibility index (Phi) is 7.82. The predicted molar refractivity (Wildman–Crippen MR) is 141 cm³/mol. The molecular formula is C26H24F3N5O5S. The summed E-state index contributed by atoms with van der Waals surface area (Å²) < 4.78 is 75.1. The number of nitrogens with one attached hydrogen (secondary N) is 2. The number of sulfonamides is 1. The molecule has 0 bridgehead atoms. The fourth-order valence-electron chi connectivity index (χ4n) is 4.07. The van der Waals surface area contributed by atoms with Gasteiger partial charge in [0, 0.05) is 25.4 Å². The summed E-state index contributed by atoms with van der Waals surface area (Å²) in [5, 5.41) is 2.76. The Hall–Kier alpha value is -4.46. The van der Waals surface area contributed by atoms with Crippen molar-refractivity contribution in [1.29, 1.82) is 0 Å². The number of pyridine rings is 1. The number of methoxy groups -OCH3 is 1. The second-order valence-electron chi connectivity index (χ2n) is 8.83. The van der Waals surface area contributed by atoms with Crippen molar-refractivity contribution in [3.05, 3.63) is 77.0 Å². The Morgan fingerprint density at radius 1 is 1.10 bits per heavy atom. The van der Waals surface area contributed by atoms with Crippen LogP contribution in [-0.4, -0.2) is 43.0 Å². The van der Waals surface area contributed by atoms with Crippen molar-refractivity contribution in [2.24, 2.45) is 5.92 Å². The lowest BCUT2D eigenvalue weighted by Crippen LogP contribution is -2.32. The molecule has 0 spiro atoms. The van der Waals surface area contributed by atoms with Crippen molar-refractivity contribution in [2.45, 2.75) is 24.5 Å². The Morgan fingerprint density at radius 2 is 1.82 bits per heavy atom. The van der Waals surface area contributed by atoms with Gasteiger partial charge in [-0.3, -0.25) is 18.9 Å². The molecule has 0 aliphatic rings. The topological polar surface area (TPSA) is 132 Å². The zero-order chi connectivity index (χ0) is 29.2. The molecule has 0 fully saturated rings. The van der Waals surface area contributed by atoms with E-state index in [1.165, 1.54) is 49.4 Å². The van der Waals surface area contributed by atoms with Gasteiger partial charge in [-0.2, -0.15) is 13.2 Å². The van der Waals surface area contributed by atoms with Crippen molar-refractivity contribution in [2.75, 3.05) is 18.9 Å². The number of ether oxygens (including phenoxy) is 1. The second-order valence-corrected chi connectivity index (χ2v) is 10.5. The van der Waals surface area contributed by atoms with Crippen molar-refractivity contribution in [3.63, 3.8) is 0 Å². The van der Waals surface area contributed by atoms with Crippen LogP contribution >= 0.6 is 0 Å². The molecule has 10 nitrogen and oxygen atoms in total. The summed E-state index contributed by atoms with van der Waals surface area (Å²) in [6, 6.07) is 9.88. The number of anilines is 1. The molecule has 210 valence electrons. The highest BCUT2D eigenvalue weighted by molar-refractivity contribution is 7.92. The number of halogens is 3. The van der Waals surface area contributed by atoms with Crippen LogP contribution < -0.4 is 20.3 Å². The van der Waals surface area contributed by atoms with E-state index in [-0.39, 0.29) is 29.4 Å². The highest BCUT2D eigenvalue weighted by Crippen LogP contribution is 2.36. The molecular weight excluding hydrogens is 551 g/mol. The monoisotopic (exact) mass is 575 g/mol. The summed E-state index contributed by atoms with van der Waals surface area (Å²) >= 11 is 0. The van der Waals surface area contributed by atoms with Crippen LogP contribution in [0.5, 0.6) is 5.88 Å². The van der Waals surface area contributed by atoms with E-state index < -0.39 is 38.1 Å². The van der Waals surface area contributed by atoms with E-state index in [1.54, 1.807) is 19.1 Å². The average molecular weight is 576 g/mol. The van der Waals surface area contributed by atoms with Gasteiger partial charge in [-0.1, -0.05) is 25.1 Å². The number of alkyl halides is 3. The molecule has 14 heteroatoms. The van der Waals surface area contributed by atoms with Gasteiger partial charge in [-0.05, 0) is 35.9 Å². The first-order valence-electron chi connectivity index (χ1n) is 11.8. The number of nitrogens with zero attached hydrogens (tertiary/aromatic N) is 3. The van der Waals surface area contributed by atoms with Crippen LogP contribution in [0.4, 0.5) is 18.9 Å². The van der Waals surface area contributed by atoms with E-state index in [9.17, 15) is 31.2 Å². The zero-order valence-electron chi connectivity index (χ0n) is 21.5. The third-order valence-electron chi connectivity index (χ3n) is 6.09. The summed E-state index contributed by atoms with van der Waals surface area (Å²) in [6.45, 7) is 1.77. The minimum Gasteiger partial charge on any atom is -0.480 e. The molecule has 0 aliphatic carbocycles. The summed E-state index contributed by atoms with van der Waals surface area (Å²) in [5.74, 6) is -0.906. The maximum atomic E-state index is 13.5. The van der Waals surface area contributed by atoms with Crippen molar-refractivity contribution < 1.29 is 31.1 Å². The van der Waals surface area contributed by atoms with Gasteiger partial charge in [0.15, 0.2) is 0 Å². The van der Waals surface area contributed by atoms with Gasteiger partial charge in [0.25, 0.3) is 15.6 Å². The number of amides is 1. The third kappa shape index (κ3) is 5.76. The van der Waals surface area contributed by atoms with Gasteiger partial charge in [-0.25, -0.2) is 18.4 Å². The fourth-order valence-corrected chi connectivity index (χ4v) is 5.35. The lowest BCUT2D eigenvalue weighted by atomic mass is 10.0.